The number of esters is 1. The van der Waals surface area contributed by atoms with Crippen LogP contribution in [0.3, 0.4) is 0 Å². The SMILES string of the molecule is COc1cccc(C(=O)Oc2ccc(C3OCCCO3)cc2[N+](=O)[O-])c1. The van der Waals surface area contributed by atoms with Crippen LogP contribution >= 0.6 is 0 Å². The van der Waals surface area contributed by atoms with E-state index in [2.05, 4.69) is 0 Å². The summed E-state index contributed by atoms with van der Waals surface area (Å²) in [7, 11) is 1.48. The molecule has 8 nitrogen and oxygen atoms in total. The van der Waals surface area contributed by atoms with Gasteiger partial charge in [-0.2, -0.15) is 0 Å². The van der Waals surface area contributed by atoms with E-state index in [1.165, 1.54) is 31.4 Å². The molecule has 0 saturated carbocycles. The molecule has 0 radical (unpaired) electrons. The van der Waals surface area contributed by atoms with Crippen LogP contribution in [-0.2, 0) is 9.47 Å². The van der Waals surface area contributed by atoms with Gasteiger partial charge in [-0.1, -0.05) is 6.07 Å². The highest BCUT2D eigenvalue weighted by Gasteiger charge is 2.24. The molecule has 0 unspecified atom stereocenters. The van der Waals surface area contributed by atoms with Crippen LogP contribution in [0, 0.1) is 10.1 Å². The van der Waals surface area contributed by atoms with Gasteiger partial charge in [0.2, 0.25) is 5.75 Å². The lowest BCUT2D eigenvalue weighted by Crippen LogP contribution is -2.18. The maximum Gasteiger partial charge on any atom is 0.343 e. The molecule has 0 N–H and O–H groups in total. The molecule has 0 spiro atoms. The lowest BCUT2D eigenvalue weighted by atomic mass is 10.1. The van der Waals surface area contributed by atoms with Crippen molar-refractivity contribution in [3.63, 3.8) is 0 Å². The molecule has 1 aliphatic heterocycles. The molecule has 8 heteroatoms. The maximum atomic E-state index is 12.3. The molecular formula is C18H17NO7. The molecule has 0 bridgehead atoms. The number of nitrogens with zero attached hydrogens (tertiary/aromatic N) is 1. The third-order valence-corrected chi connectivity index (χ3v) is 3.79. The first-order valence-electron chi connectivity index (χ1n) is 7.96. The zero-order valence-corrected chi connectivity index (χ0v) is 14.0. The van der Waals surface area contributed by atoms with Gasteiger partial charge in [-0.3, -0.25) is 10.1 Å². The molecule has 3 rings (SSSR count). The summed E-state index contributed by atoms with van der Waals surface area (Å²) in [5.74, 6) is -0.386. The summed E-state index contributed by atoms with van der Waals surface area (Å²) in [6.07, 6.45) is 0.111. The molecule has 1 aliphatic rings. The second-order valence-electron chi connectivity index (χ2n) is 5.53. The predicted octanol–water partition coefficient (Wildman–Crippen LogP) is 3.26. The Morgan fingerprint density at radius 2 is 1.96 bits per heavy atom. The number of hydrogen-bond acceptors (Lipinski definition) is 7. The molecule has 1 saturated heterocycles. The fourth-order valence-corrected chi connectivity index (χ4v) is 2.50. The minimum atomic E-state index is -0.718. The summed E-state index contributed by atoms with van der Waals surface area (Å²) in [4.78, 5) is 23.1. The average molecular weight is 359 g/mol. The summed E-state index contributed by atoms with van der Waals surface area (Å²) in [5, 5.41) is 11.4. The van der Waals surface area contributed by atoms with E-state index in [0.717, 1.165) is 6.42 Å². The average Bonchev–Trinajstić information content (AvgIpc) is 2.68. The van der Waals surface area contributed by atoms with Crippen LogP contribution in [0.4, 0.5) is 5.69 Å². The molecule has 1 fully saturated rings. The number of benzene rings is 2. The Bertz CT molecular complexity index is 815. The topological polar surface area (TPSA) is 97.1 Å². The highest BCUT2D eigenvalue weighted by atomic mass is 16.7. The number of nitro benzene ring substituents is 1. The highest BCUT2D eigenvalue weighted by molar-refractivity contribution is 5.92. The van der Waals surface area contributed by atoms with E-state index in [0.29, 0.717) is 24.5 Å². The van der Waals surface area contributed by atoms with Gasteiger partial charge in [0.05, 0.1) is 30.8 Å². The van der Waals surface area contributed by atoms with Gasteiger partial charge in [0.25, 0.3) is 0 Å². The van der Waals surface area contributed by atoms with Gasteiger partial charge < -0.3 is 18.9 Å². The minimum Gasteiger partial charge on any atom is -0.497 e. The largest absolute Gasteiger partial charge is 0.497 e. The first-order chi connectivity index (χ1) is 12.6. The molecule has 0 aromatic heterocycles. The van der Waals surface area contributed by atoms with Crippen molar-refractivity contribution in [2.75, 3.05) is 20.3 Å². The van der Waals surface area contributed by atoms with Crippen molar-refractivity contribution in [3.8, 4) is 11.5 Å². The Morgan fingerprint density at radius 3 is 2.65 bits per heavy atom. The van der Waals surface area contributed by atoms with Gasteiger partial charge in [0.1, 0.15) is 5.75 Å². The number of carbonyl (C=O) groups is 1. The molecule has 2 aromatic carbocycles. The zero-order valence-electron chi connectivity index (χ0n) is 14.0. The minimum absolute atomic E-state index is 0.151. The first kappa shape index (κ1) is 17.8. The van der Waals surface area contributed by atoms with Crippen molar-refractivity contribution < 1.29 is 28.7 Å². The monoisotopic (exact) mass is 359 g/mol. The van der Waals surface area contributed by atoms with Crippen molar-refractivity contribution in [2.24, 2.45) is 0 Å². The molecule has 26 heavy (non-hydrogen) atoms. The van der Waals surface area contributed by atoms with Crippen LogP contribution < -0.4 is 9.47 Å². The summed E-state index contributed by atoms with van der Waals surface area (Å²) < 4.78 is 21.2. The Hall–Kier alpha value is -2.97. The molecule has 136 valence electrons. The van der Waals surface area contributed by atoms with Crippen LogP contribution in [0.25, 0.3) is 0 Å². The number of carbonyl (C=O) groups excluding carboxylic acids is 1. The molecule has 1 heterocycles. The first-order valence-corrected chi connectivity index (χ1v) is 7.96. The quantitative estimate of drug-likeness (QED) is 0.350. The van der Waals surface area contributed by atoms with Gasteiger partial charge >= 0.3 is 11.7 Å². The van der Waals surface area contributed by atoms with E-state index in [-0.39, 0.29) is 17.0 Å². The third-order valence-electron chi connectivity index (χ3n) is 3.79. The highest BCUT2D eigenvalue weighted by Crippen LogP contribution is 2.33. The number of hydrogen-bond donors (Lipinski definition) is 0. The Balaban J connectivity index is 1.84. The molecule has 0 atom stereocenters. The fourth-order valence-electron chi connectivity index (χ4n) is 2.50. The van der Waals surface area contributed by atoms with Crippen LogP contribution in [0.1, 0.15) is 28.6 Å². The van der Waals surface area contributed by atoms with Crippen LogP contribution in [0.5, 0.6) is 11.5 Å². The van der Waals surface area contributed by atoms with Gasteiger partial charge in [-0.15, -0.1) is 0 Å². The summed E-state index contributed by atoms with van der Waals surface area (Å²) in [6.45, 7) is 1.04. The van der Waals surface area contributed by atoms with E-state index >= 15 is 0 Å². The van der Waals surface area contributed by atoms with E-state index in [1.807, 2.05) is 0 Å². The molecular weight excluding hydrogens is 342 g/mol. The Labute approximate surface area is 149 Å². The molecule has 0 amide bonds. The maximum absolute atomic E-state index is 12.3. The van der Waals surface area contributed by atoms with Crippen molar-refractivity contribution in [2.45, 2.75) is 12.7 Å². The van der Waals surface area contributed by atoms with Gasteiger partial charge in [0, 0.05) is 11.6 Å². The van der Waals surface area contributed by atoms with Crippen molar-refractivity contribution >= 4 is 11.7 Å². The van der Waals surface area contributed by atoms with Gasteiger partial charge in [-0.25, -0.2) is 4.79 Å². The van der Waals surface area contributed by atoms with Crippen LogP contribution in [0.2, 0.25) is 0 Å². The fraction of sp³-hybridized carbons (Fsp3) is 0.278. The van der Waals surface area contributed by atoms with E-state index < -0.39 is 17.2 Å². The standard InChI is InChI=1S/C18H17NO7/c1-23-14-5-2-4-12(10-14)17(20)26-16-7-6-13(11-15(16)19(21)22)18-24-8-3-9-25-18/h2,4-7,10-11,18H,3,8-9H2,1H3. The summed E-state index contributed by atoms with van der Waals surface area (Å²) >= 11 is 0. The second kappa shape index (κ2) is 7.94. The summed E-state index contributed by atoms with van der Waals surface area (Å²) in [6, 6.07) is 10.6. The number of rotatable bonds is 5. The number of methoxy groups -OCH3 is 1. The number of ether oxygens (including phenoxy) is 4. The normalized spacial score (nSPS) is 14.7. The number of nitro groups is 1. The predicted molar refractivity (Wildman–Crippen MR) is 90.3 cm³/mol. The van der Waals surface area contributed by atoms with Crippen LogP contribution in [0.15, 0.2) is 42.5 Å². The Morgan fingerprint density at radius 1 is 1.19 bits per heavy atom. The molecule has 2 aromatic rings. The van der Waals surface area contributed by atoms with Crippen molar-refractivity contribution in [3.05, 3.63) is 63.7 Å². The van der Waals surface area contributed by atoms with E-state index in [4.69, 9.17) is 18.9 Å². The van der Waals surface area contributed by atoms with Gasteiger partial charge in [-0.05, 0) is 36.8 Å². The smallest absolute Gasteiger partial charge is 0.343 e. The van der Waals surface area contributed by atoms with E-state index in [1.54, 1.807) is 18.2 Å². The zero-order chi connectivity index (χ0) is 18.5. The van der Waals surface area contributed by atoms with Gasteiger partial charge in [0.15, 0.2) is 6.29 Å². The van der Waals surface area contributed by atoms with Crippen molar-refractivity contribution in [1.29, 1.82) is 0 Å². The second-order valence-corrected chi connectivity index (χ2v) is 5.53. The molecule has 0 aliphatic carbocycles. The third kappa shape index (κ3) is 3.98. The van der Waals surface area contributed by atoms with Crippen molar-refractivity contribution in [1.82, 2.24) is 0 Å². The van der Waals surface area contributed by atoms with E-state index in [9.17, 15) is 14.9 Å². The summed E-state index contributed by atoms with van der Waals surface area (Å²) in [5.41, 5.74) is 0.385. The van der Waals surface area contributed by atoms with Crippen LogP contribution in [-0.4, -0.2) is 31.2 Å². The Kier molecular flexibility index (Phi) is 5.45. The lowest BCUT2D eigenvalue weighted by molar-refractivity contribution is -0.385. The lowest BCUT2D eigenvalue weighted by Gasteiger charge is -2.23.